The standard InChI is InChI=1S/C23H25NO3/c1-15-21(25)19(22(26)23(2,3)4)20(17-13-9-10-14-18(17)27-5)24(15)16-11-7-6-8-12-16/h6-14,20,25H,1H2,2-5H3. The fourth-order valence-electron chi connectivity index (χ4n) is 3.40. The molecule has 0 bridgehead atoms. The lowest BCUT2D eigenvalue weighted by molar-refractivity contribution is -0.122. The third kappa shape index (κ3) is 3.23. The van der Waals surface area contributed by atoms with Gasteiger partial charge in [0.2, 0.25) is 0 Å². The van der Waals surface area contributed by atoms with E-state index in [4.69, 9.17) is 4.74 Å². The van der Waals surface area contributed by atoms with E-state index in [0.717, 1.165) is 11.3 Å². The first kappa shape index (κ1) is 18.8. The van der Waals surface area contributed by atoms with E-state index in [1.54, 1.807) is 7.11 Å². The average Bonchev–Trinajstić information content (AvgIpc) is 2.92. The molecule has 27 heavy (non-hydrogen) atoms. The lowest BCUT2D eigenvalue weighted by Gasteiger charge is -2.31. The Bertz CT molecular complexity index is 907. The summed E-state index contributed by atoms with van der Waals surface area (Å²) >= 11 is 0. The number of Topliss-reactive ketones (excluding diaryl/α,β-unsaturated/α-hetero) is 1. The van der Waals surface area contributed by atoms with Gasteiger partial charge < -0.3 is 14.7 Å². The number of aliphatic hydroxyl groups excluding tert-OH is 1. The molecule has 0 saturated carbocycles. The maximum absolute atomic E-state index is 13.3. The molecule has 2 aromatic rings. The zero-order valence-electron chi connectivity index (χ0n) is 16.2. The minimum absolute atomic E-state index is 0.0605. The second-order valence-corrected chi connectivity index (χ2v) is 7.64. The van der Waals surface area contributed by atoms with E-state index >= 15 is 0 Å². The van der Waals surface area contributed by atoms with Crippen LogP contribution in [0.25, 0.3) is 0 Å². The van der Waals surface area contributed by atoms with Gasteiger partial charge in [-0.25, -0.2) is 0 Å². The highest BCUT2D eigenvalue weighted by atomic mass is 16.5. The van der Waals surface area contributed by atoms with E-state index in [1.165, 1.54) is 0 Å². The van der Waals surface area contributed by atoms with Gasteiger partial charge in [-0.15, -0.1) is 0 Å². The molecular formula is C23H25NO3. The van der Waals surface area contributed by atoms with Crippen molar-refractivity contribution in [3.63, 3.8) is 0 Å². The molecule has 1 aliphatic rings. The Morgan fingerprint density at radius 1 is 1.07 bits per heavy atom. The maximum atomic E-state index is 13.3. The Morgan fingerprint density at radius 3 is 2.26 bits per heavy atom. The summed E-state index contributed by atoms with van der Waals surface area (Å²) in [5.74, 6) is 0.482. The Morgan fingerprint density at radius 2 is 1.67 bits per heavy atom. The normalized spacial score (nSPS) is 17.4. The Hall–Kier alpha value is -3.01. The molecular weight excluding hydrogens is 338 g/mol. The van der Waals surface area contributed by atoms with E-state index in [0.29, 0.717) is 17.0 Å². The Kier molecular flexibility index (Phi) is 4.83. The van der Waals surface area contributed by atoms with Crippen LogP contribution in [0.15, 0.2) is 78.2 Å². The van der Waals surface area contributed by atoms with Crippen LogP contribution in [0.1, 0.15) is 32.4 Å². The number of para-hydroxylation sites is 2. The second kappa shape index (κ2) is 6.95. The molecule has 0 fully saturated rings. The van der Waals surface area contributed by atoms with Crippen LogP contribution in [0.4, 0.5) is 5.69 Å². The molecule has 1 heterocycles. The number of carbonyl (C=O) groups excluding carboxylic acids is 1. The molecule has 3 rings (SSSR count). The number of ketones is 1. The van der Waals surface area contributed by atoms with E-state index in [1.807, 2.05) is 80.3 Å². The first-order valence-corrected chi connectivity index (χ1v) is 8.91. The van der Waals surface area contributed by atoms with Gasteiger partial charge in [-0.2, -0.15) is 0 Å². The van der Waals surface area contributed by atoms with Gasteiger partial charge in [-0.1, -0.05) is 63.7 Å². The maximum Gasteiger partial charge on any atom is 0.170 e. The fourth-order valence-corrected chi connectivity index (χ4v) is 3.40. The smallest absolute Gasteiger partial charge is 0.170 e. The first-order chi connectivity index (χ1) is 12.8. The minimum Gasteiger partial charge on any atom is -0.505 e. The molecule has 140 valence electrons. The van der Waals surface area contributed by atoms with Crippen molar-refractivity contribution in [1.82, 2.24) is 0 Å². The number of ether oxygens (including phenoxy) is 1. The number of carbonyl (C=O) groups is 1. The highest BCUT2D eigenvalue weighted by Crippen LogP contribution is 2.48. The number of benzene rings is 2. The van der Waals surface area contributed by atoms with Gasteiger partial charge in [0.25, 0.3) is 0 Å². The van der Waals surface area contributed by atoms with Gasteiger partial charge >= 0.3 is 0 Å². The number of nitrogens with zero attached hydrogens (tertiary/aromatic N) is 1. The molecule has 0 radical (unpaired) electrons. The monoisotopic (exact) mass is 363 g/mol. The van der Waals surface area contributed by atoms with E-state index < -0.39 is 11.5 Å². The van der Waals surface area contributed by atoms with Crippen molar-refractivity contribution < 1.29 is 14.6 Å². The second-order valence-electron chi connectivity index (χ2n) is 7.64. The van der Waals surface area contributed by atoms with Crippen LogP contribution < -0.4 is 9.64 Å². The summed E-state index contributed by atoms with van der Waals surface area (Å²) in [5.41, 5.74) is 1.77. The molecule has 1 N–H and O–H groups in total. The van der Waals surface area contributed by atoms with Crippen molar-refractivity contribution in [1.29, 1.82) is 0 Å². The highest BCUT2D eigenvalue weighted by molar-refractivity contribution is 6.03. The first-order valence-electron chi connectivity index (χ1n) is 8.91. The Labute approximate surface area is 160 Å². The zero-order valence-corrected chi connectivity index (χ0v) is 16.2. The van der Waals surface area contributed by atoms with Crippen LogP contribution >= 0.6 is 0 Å². The molecule has 2 aromatic carbocycles. The van der Waals surface area contributed by atoms with Gasteiger partial charge in [0.15, 0.2) is 5.78 Å². The SMILES string of the molecule is C=C1C(O)=C(C(=O)C(C)(C)C)C(c2ccccc2OC)N1c1ccccc1. The van der Waals surface area contributed by atoms with Crippen molar-refractivity contribution in [3.8, 4) is 5.75 Å². The van der Waals surface area contributed by atoms with Crippen LogP contribution in [-0.2, 0) is 4.79 Å². The summed E-state index contributed by atoms with van der Waals surface area (Å²) in [6.07, 6.45) is 0. The Balaban J connectivity index is 2.25. The third-order valence-corrected chi connectivity index (χ3v) is 4.74. The van der Waals surface area contributed by atoms with Crippen LogP contribution in [0.3, 0.4) is 0 Å². The summed E-state index contributed by atoms with van der Waals surface area (Å²) in [6.45, 7) is 9.61. The lowest BCUT2D eigenvalue weighted by Crippen LogP contribution is -2.30. The van der Waals surface area contributed by atoms with Gasteiger partial charge in [0.05, 0.1) is 24.4 Å². The largest absolute Gasteiger partial charge is 0.505 e. The van der Waals surface area contributed by atoms with Crippen LogP contribution in [0.5, 0.6) is 5.75 Å². The molecule has 0 spiro atoms. The predicted octanol–water partition coefficient (Wildman–Crippen LogP) is 5.20. The van der Waals surface area contributed by atoms with Gasteiger partial charge in [0.1, 0.15) is 11.5 Å². The fraction of sp³-hybridized carbons (Fsp3) is 0.261. The number of hydrogen-bond donors (Lipinski definition) is 1. The van der Waals surface area contributed by atoms with E-state index in [-0.39, 0.29) is 11.5 Å². The van der Waals surface area contributed by atoms with Crippen LogP contribution in [-0.4, -0.2) is 18.0 Å². The molecule has 1 atom stereocenters. The molecule has 0 aromatic heterocycles. The summed E-state index contributed by atoms with van der Waals surface area (Å²) in [7, 11) is 1.60. The van der Waals surface area contributed by atoms with Crippen molar-refractivity contribution in [2.45, 2.75) is 26.8 Å². The topological polar surface area (TPSA) is 49.8 Å². The van der Waals surface area contributed by atoms with Crippen molar-refractivity contribution in [2.24, 2.45) is 5.41 Å². The van der Waals surface area contributed by atoms with Gasteiger partial charge in [-0.05, 0) is 18.2 Å². The number of aliphatic hydroxyl groups is 1. The third-order valence-electron chi connectivity index (χ3n) is 4.74. The average molecular weight is 363 g/mol. The quantitative estimate of drug-likeness (QED) is 0.811. The van der Waals surface area contributed by atoms with Crippen molar-refractivity contribution in [3.05, 3.63) is 83.8 Å². The molecule has 0 aliphatic carbocycles. The summed E-state index contributed by atoms with van der Waals surface area (Å²) in [5, 5.41) is 10.9. The number of methoxy groups -OCH3 is 1. The predicted molar refractivity (Wildman–Crippen MR) is 108 cm³/mol. The highest BCUT2D eigenvalue weighted by Gasteiger charge is 2.44. The summed E-state index contributed by atoms with van der Waals surface area (Å²) in [6, 6.07) is 16.7. The van der Waals surface area contributed by atoms with Gasteiger partial charge in [-0.3, -0.25) is 4.79 Å². The molecule has 0 saturated heterocycles. The molecule has 1 unspecified atom stereocenters. The number of hydrogen-bond acceptors (Lipinski definition) is 4. The molecule has 1 aliphatic heterocycles. The summed E-state index contributed by atoms with van der Waals surface area (Å²) in [4.78, 5) is 15.2. The van der Waals surface area contributed by atoms with Crippen LogP contribution in [0.2, 0.25) is 0 Å². The minimum atomic E-state index is -0.642. The van der Waals surface area contributed by atoms with Gasteiger partial charge in [0, 0.05) is 16.7 Å². The molecule has 0 amide bonds. The van der Waals surface area contributed by atoms with Crippen molar-refractivity contribution in [2.75, 3.05) is 12.0 Å². The number of rotatable bonds is 4. The molecule has 4 nitrogen and oxygen atoms in total. The lowest BCUT2D eigenvalue weighted by atomic mass is 9.82. The van der Waals surface area contributed by atoms with E-state index in [9.17, 15) is 9.90 Å². The van der Waals surface area contributed by atoms with E-state index in [2.05, 4.69) is 6.58 Å². The summed E-state index contributed by atoms with van der Waals surface area (Å²) < 4.78 is 5.55. The number of anilines is 1. The zero-order chi connectivity index (χ0) is 19.8. The van der Waals surface area contributed by atoms with Crippen LogP contribution in [0, 0.1) is 5.41 Å². The molecule has 4 heteroatoms. The van der Waals surface area contributed by atoms with Crippen molar-refractivity contribution >= 4 is 11.5 Å².